The molecule has 3 aromatic heterocycles. The fourth-order valence-corrected chi connectivity index (χ4v) is 4.43. The number of fused-ring (bicyclic) bond motifs is 2. The van der Waals surface area contributed by atoms with Crippen LogP contribution in [0.2, 0.25) is 0 Å². The van der Waals surface area contributed by atoms with Crippen LogP contribution in [0.5, 0.6) is 5.88 Å². The smallest absolute Gasteiger partial charge is 0.285 e. The summed E-state index contributed by atoms with van der Waals surface area (Å²) < 4.78 is 77.9. The standard InChI is InChI=1S/C22H21F5N8O2/c1-11(36)33-6-5-16(22(26,27)10-33)28-21-29-20(37-2)19-18(13(23)8-35(19)31-21)12-3-4-14-15(7-12)34(32-30-14)9-17(24)25/h3-4,7-8,16-17H,5-6,9-10H2,1-2H3,(H,28,31). The maximum atomic E-state index is 15.2. The monoisotopic (exact) mass is 524 g/mol. The Morgan fingerprint density at radius 2 is 2.11 bits per heavy atom. The Morgan fingerprint density at radius 3 is 2.78 bits per heavy atom. The van der Waals surface area contributed by atoms with Gasteiger partial charge in [-0.2, -0.15) is 4.98 Å². The lowest BCUT2D eigenvalue weighted by Gasteiger charge is -2.38. The van der Waals surface area contributed by atoms with Gasteiger partial charge in [0.1, 0.15) is 17.6 Å². The predicted octanol–water partition coefficient (Wildman–Crippen LogP) is 3.22. The zero-order valence-corrected chi connectivity index (χ0v) is 19.6. The van der Waals surface area contributed by atoms with E-state index in [1.807, 2.05) is 0 Å². The summed E-state index contributed by atoms with van der Waals surface area (Å²) in [6.07, 6.45) is -1.68. The van der Waals surface area contributed by atoms with E-state index in [-0.39, 0.29) is 41.4 Å². The average molecular weight is 524 g/mol. The molecule has 1 saturated heterocycles. The number of methoxy groups -OCH3 is 1. The minimum Gasteiger partial charge on any atom is -0.479 e. The van der Waals surface area contributed by atoms with Crippen molar-refractivity contribution in [1.29, 1.82) is 0 Å². The molecule has 1 unspecified atom stereocenters. The van der Waals surface area contributed by atoms with Crippen molar-refractivity contribution >= 4 is 28.4 Å². The van der Waals surface area contributed by atoms with Gasteiger partial charge in [0.05, 0.1) is 37.0 Å². The Morgan fingerprint density at radius 1 is 1.32 bits per heavy atom. The van der Waals surface area contributed by atoms with Gasteiger partial charge in [0.2, 0.25) is 17.7 Å². The van der Waals surface area contributed by atoms with Crippen LogP contribution in [0.25, 0.3) is 27.7 Å². The van der Waals surface area contributed by atoms with Crippen molar-refractivity contribution < 1.29 is 31.5 Å². The van der Waals surface area contributed by atoms with E-state index in [1.54, 1.807) is 0 Å². The topological polar surface area (TPSA) is 102 Å². The average Bonchev–Trinajstić information content (AvgIpc) is 3.38. The van der Waals surface area contributed by atoms with Crippen molar-refractivity contribution in [3.05, 3.63) is 30.2 Å². The Kier molecular flexibility index (Phi) is 6.07. The van der Waals surface area contributed by atoms with Crippen LogP contribution >= 0.6 is 0 Å². The molecule has 1 fully saturated rings. The number of piperidine rings is 1. The molecule has 37 heavy (non-hydrogen) atoms. The number of alkyl halides is 4. The van der Waals surface area contributed by atoms with Crippen LogP contribution in [0.3, 0.4) is 0 Å². The van der Waals surface area contributed by atoms with E-state index in [9.17, 15) is 22.4 Å². The van der Waals surface area contributed by atoms with Crippen molar-refractivity contribution in [1.82, 2.24) is 34.5 Å². The van der Waals surface area contributed by atoms with E-state index in [0.29, 0.717) is 11.1 Å². The summed E-state index contributed by atoms with van der Waals surface area (Å²) in [5, 5.41) is 14.3. The third kappa shape index (κ3) is 4.49. The van der Waals surface area contributed by atoms with Crippen molar-refractivity contribution in [3.8, 4) is 17.0 Å². The fourth-order valence-electron chi connectivity index (χ4n) is 4.43. The first-order valence-corrected chi connectivity index (χ1v) is 11.2. The van der Waals surface area contributed by atoms with Crippen molar-refractivity contribution in [3.63, 3.8) is 0 Å². The minimum atomic E-state index is -3.26. The van der Waals surface area contributed by atoms with Gasteiger partial charge in [0, 0.05) is 13.5 Å². The number of carbonyl (C=O) groups is 1. The highest BCUT2D eigenvalue weighted by atomic mass is 19.3. The molecule has 1 aliphatic rings. The zero-order valence-electron chi connectivity index (χ0n) is 19.6. The third-order valence-corrected chi connectivity index (χ3v) is 6.21. The molecule has 0 saturated carbocycles. The Labute approximate surface area is 206 Å². The van der Waals surface area contributed by atoms with Gasteiger partial charge < -0.3 is 15.0 Å². The van der Waals surface area contributed by atoms with Gasteiger partial charge in [0.15, 0.2) is 5.82 Å². The Balaban J connectivity index is 1.52. The number of hydrogen-bond acceptors (Lipinski definition) is 7. The predicted molar refractivity (Wildman–Crippen MR) is 121 cm³/mol. The Bertz CT molecular complexity index is 1490. The molecular formula is C22H21F5N8O2. The van der Waals surface area contributed by atoms with Gasteiger partial charge in [-0.3, -0.25) is 4.79 Å². The van der Waals surface area contributed by atoms with Crippen molar-refractivity contribution in [2.45, 2.75) is 38.3 Å². The first kappa shape index (κ1) is 24.6. The van der Waals surface area contributed by atoms with Gasteiger partial charge in [-0.1, -0.05) is 11.3 Å². The van der Waals surface area contributed by atoms with Crippen LogP contribution in [0.15, 0.2) is 24.4 Å². The van der Waals surface area contributed by atoms with Crippen LogP contribution in [0.4, 0.5) is 27.9 Å². The molecule has 196 valence electrons. The highest BCUT2D eigenvalue weighted by molar-refractivity contribution is 5.89. The fraction of sp³-hybridized carbons (Fsp3) is 0.409. The summed E-state index contributed by atoms with van der Waals surface area (Å²) in [5.74, 6) is -4.74. The van der Waals surface area contributed by atoms with E-state index in [0.717, 1.165) is 20.3 Å². The largest absolute Gasteiger partial charge is 0.479 e. The molecule has 1 atom stereocenters. The number of rotatable bonds is 6. The molecule has 0 bridgehead atoms. The number of aromatic nitrogens is 6. The van der Waals surface area contributed by atoms with Crippen LogP contribution < -0.4 is 10.1 Å². The number of anilines is 1. The molecule has 0 radical (unpaired) electrons. The number of benzene rings is 1. The summed E-state index contributed by atoms with van der Waals surface area (Å²) in [4.78, 5) is 16.7. The second kappa shape index (κ2) is 9.12. The van der Waals surface area contributed by atoms with E-state index < -0.39 is 43.2 Å². The molecule has 1 aromatic carbocycles. The molecule has 15 heteroatoms. The summed E-state index contributed by atoms with van der Waals surface area (Å²) in [7, 11) is 1.28. The third-order valence-electron chi connectivity index (χ3n) is 6.21. The van der Waals surface area contributed by atoms with E-state index in [2.05, 4.69) is 25.7 Å². The lowest BCUT2D eigenvalue weighted by atomic mass is 10.0. The molecular weight excluding hydrogens is 503 g/mol. The quantitative estimate of drug-likeness (QED) is 0.387. The second-order valence-electron chi connectivity index (χ2n) is 8.64. The van der Waals surface area contributed by atoms with Crippen LogP contribution in [-0.4, -0.2) is 79.0 Å². The normalized spacial score (nSPS) is 17.6. The Hall–Kier alpha value is -4.04. The molecule has 4 aromatic rings. The van der Waals surface area contributed by atoms with Gasteiger partial charge in [-0.15, -0.1) is 10.2 Å². The molecule has 4 heterocycles. The van der Waals surface area contributed by atoms with Gasteiger partial charge >= 0.3 is 0 Å². The maximum Gasteiger partial charge on any atom is 0.285 e. The SMILES string of the molecule is COc1nc(NC2CCN(C(C)=O)CC2(F)F)nn2cc(F)c(-c3ccc4nnn(CC(F)F)c4c3)c12. The number of carbonyl (C=O) groups excluding carboxylic acids is 1. The van der Waals surface area contributed by atoms with E-state index in [4.69, 9.17) is 4.74 Å². The molecule has 5 rings (SSSR count). The van der Waals surface area contributed by atoms with Gasteiger partial charge in [-0.25, -0.2) is 31.1 Å². The van der Waals surface area contributed by atoms with Gasteiger partial charge in [-0.05, 0) is 24.1 Å². The molecule has 1 aliphatic heterocycles. The molecule has 10 nitrogen and oxygen atoms in total. The number of amides is 1. The number of halogens is 5. The highest BCUT2D eigenvalue weighted by Crippen LogP contribution is 2.36. The number of nitrogens with one attached hydrogen (secondary N) is 1. The van der Waals surface area contributed by atoms with E-state index >= 15 is 4.39 Å². The highest BCUT2D eigenvalue weighted by Gasteiger charge is 2.46. The summed E-state index contributed by atoms with van der Waals surface area (Å²) in [6.45, 7) is -0.0773. The van der Waals surface area contributed by atoms with Crippen LogP contribution in [-0.2, 0) is 11.3 Å². The second-order valence-corrected chi connectivity index (χ2v) is 8.64. The molecule has 0 aliphatic carbocycles. The number of hydrogen-bond donors (Lipinski definition) is 1. The van der Waals surface area contributed by atoms with Crippen LogP contribution in [0.1, 0.15) is 13.3 Å². The first-order valence-electron chi connectivity index (χ1n) is 11.2. The summed E-state index contributed by atoms with van der Waals surface area (Å²) >= 11 is 0. The number of ether oxygens (including phenoxy) is 1. The number of nitrogens with zero attached hydrogens (tertiary/aromatic N) is 7. The van der Waals surface area contributed by atoms with Crippen molar-refractivity contribution in [2.24, 2.45) is 0 Å². The van der Waals surface area contributed by atoms with Crippen LogP contribution in [0, 0.1) is 5.82 Å². The minimum absolute atomic E-state index is 0.0233. The lowest BCUT2D eigenvalue weighted by molar-refractivity contribution is -0.140. The van der Waals surface area contributed by atoms with Gasteiger partial charge in [0.25, 0.3) is 12.3 Å². The maximum absolute atomic E-state index is 15.2. The molecule has 0 spiro atoms. The first-order chi connectivity index (χ1) is 17.6. The summed E-state index contributed by atoms with van der Waals surface area (Å²) in [6, 6.07) is 3.15. The zero-order chi connectivity index (χ0) is 26.5. The van der Waals surface area contributed by atoms with Crippen molar-refractivity contribution in [2.75, 3.05) is 25.5 Å². The lowest BCUT2D eigenvalue weighted by Crippen LogP contribution is -2.55. The molecule has 1 N–H and O–H groups in total. The number of likely N-dealkylation sites (tertiary alicyclic amines) is 1. The van der Waals surface area contributed by atoms with E-state index in [1.165, 1.54) is 32.2 Å². The summed E-state index contributed by atoms with van der Waals surface area (Å²) in [5.41, 5.74) is 1.05. The molecule has 1 amide bonds.